The Morgan fingerprint density at radius 3 is 2.55 bits per heavy atom. The number of nitrogens with one attached hydrogen (secondary N) is 1. The van der Waals surface area contributed by atoms with E-state index in [2.05, 4.69) is 10.3 Å². The molecule has 1 aliphatic carbocycles. The van der Waals surface area contributed by atoms with Crippen LogP contribution in [0.2, 0.25) is 0 Å². The minimum Gasteiger partial charge on any atom is -0.348 e. The first-order valence-electron chi connectivity index (χ1n) is 11.3. The highest BCUT2D eigenvalue weighted by molar-refractivity contribution is 5.94. The summed E-state index contributed by atoms with van der Waals surface area (Å²) in [6, 6.07) is 11.8. The Morgan fingerprint density at radius 2 is 1.77 bits per heavy atom. The molecule has 0 atom stereocenters. The molecule has 160 valence electrons. The fourth-order valence-corrected chi connectivity index (χ4v) is 4.73. The highest BCUT2D eigenvalue weighted by Crippen LogP contribution is 2.32. The van der Waals surface area contributed by atoms with Gasteiger partial charge < -0.3 is 14.6 Å². The minimum atomic E-state index is -0.0857. The second-order valence-corrected chi connectivity index (χ2v) is 8.81. The third kappa shape index (κ3) is 4.20. The van der Waals surface area contributed by atoms with Gasteiger partial charge in [0.1, 0.15) is 5.65 Å². The standard InChI is InChI=1S/C25H28N4O2/c30-24(27-15-18-10-12-28-13-11-26-23(28)14-18)20-8-6-19(7-9-20)22-16-29(17-22)25(31)21-4-2-1-3-5-21/h6-14,21-22H,1-5,15-17H2,(H,27,30). The topological polar surface area (TPSA) is 66.7 Å². The molecular formula is C25H28N4O2. The average molecular weight is 417 g/mol. The van der Waals surface area contributed by atoms with E-state index in [9.17, 15) is 9.59 Å². The van der Waals surface area contributed by atoms with Crippen molar-refractivity contribution >= 4 is 17.5 Å². The second kappa shape index (κ2) is 8.53. The van der Waals surface area contributed by atoms with Gasteiger partial charge in [0, 0.05) is 55.6 Å². The molecule has 3 heterocycles. The Bertz CT molecular complexity index is 1080. The third-order valence-electron chi connectivity index (χ3n) is 6.71. The van der Waals surface area contributed by atoms with Crippen molar-refractivity contribution in [1.82, 2.24) is 19.6 Å². The number of carbonyl (C=O) groups excluding carboxylic acids is 2. The summed E-state index contributed by atoms with van der Waals surface area (Å²) < 4.78 is 1.94. The van der Waals surface area contributed by atoms with E-state index < -0.39 is 0 Å². The fourth-order valence-electron chi connectivity index (χ4n) is 4.73. The molecule has 1 aliphatic heterocycles. The molecule has 2 fully saturated rings. The number of hydrogen-bond acceptors (Lipinski definition) is 3. The van der Waals surface area contributed by atoms with Gasteiger partial charge in [-0.2, -0.15) is 0 Å². The number of nitrogens with zero attached hydrogens (tertiary/aromatic N) is 3. The van der Waals surface area contributed by atoms with Crippen molar-refractivity contribution in [3.63, 3.8) is 0 Å². The number of rotatable bonds is 5. The summed E-state index contributed by atoms with van der Waals surface area (Å²) in [6.45, 7) is 2.07. The maximum absolute atomic E-state index is 12.6. The van der Waals surface area contributed by atoms with Crippen LogP contribution in [-0.2, 0) is 11.3 Å². The maximum Gasteiger partial charge on any atom is 0.251 e. The van der Waals surface area contributed by atoms with Crippen LogP contribution < -0.4 is 5.32 Å². The Labute approximate surface area is 182 Å². The molecule has 2 aromatic heterocycles. The van der Waals surface area contributed by atoms with Gasteiger partial charge >= 0.3 is 0 Å². The highest BCUT2D eigenvalue weighted by atomic mass is 16.2. The Hall–Kier alpha value is -3.15. The first-order valence-corrected chi connectivity index (χ1v) is 11.3. The van der Waals surface area contributed by atoms with E-state index in [1.165, 1.54) is 24.8 Å². The fraction of sp³-hybridized carbons (Fsp3) is 0.400. The molecule has 6 nitrogen and oxygen atoms in total. The summed E-state index contributed by atoms with van der Waals surface area (Å²) in [7, 11) is 0. The van der Waals surface area contributed by atoms with Crippen molar-refractivity contribution in [3.05, 3.63) is 71.7 Å². The zero-order chi connectivity index (χ0) is 21.2. The number of hydrogen-bond donors (Lipinski definition) is 1. The number of amides is 2. The molecule has 0 spiro atoms. The van der Waals surface area contributed by atoms with Crippen LogP contribution in [0.25, 0.3) is 5.65 Å². The summed E-state index contributed by atoms with van der Waals surface area (Å²) in [5, 5.41) is 2.98. The van der Waals surface area contributed by atoms with E-state index in [4.69, 9.17) is 0 Å². The molecule has 5 rings (SSSR count). The molecule has 2 amide bonds. The molecule has 2 aliphatic rings. The monoisotopic (exact) mass is 416 g/mol. The third-order valence-corrected chi connectivity index (χ3v) is 6.71. The largest absolute Gasteiger partial charge is 0.348 e. The lowest BCUT2D eigenvalue weighted by molar-refractivity contribution is -0.141. The molecule has 0 radical (unpaired) electrons. The van der Waals surface area contributed by atoms with Gasteiger partial charge in [-0.15, -0.1) is 0 Å². The van der Waals surface area contributed by atoms with Gasteiger partial charge in [0.15, 0.2) is 0 Å². The lowest BCUT2D eigenvalue weighted by Gasteiger charge is -2.42. The summed E-state index contributed by atoms with van der Waals surface area (Å²) in [4.78, 5) is 31.4. The number of imidazole rings is 1. The number of aromatic nitrogens is 2. The second-order valence-electron chi connectivity index (χ2n) is 8.81. The van der Waals surface area contributed by atoms with Crippen molar-refractivity contribution in [2.24, 2.45) is 5.92 Å². The van der Waals surface area contributed by atoms with Crippen molar-refractivity contribution < 1.29 is 9.59 Å². The average Bonchev–Trinajstić information content (AvgIpc) is 3.25. The number of fused-ring (bicyclic) bond motifs is 1. The van der Waals surface area contributed by atoms with E-state index in [0.717, 1.165) is 37.1 Å². The Morgan fingerprint density at radius 1 is 1.00 bits per heavy atom. The van der Waals surface area contributed by atoms with Crippen molar-refractivity contribution in [2.75, 3.05) is 13.1 Å². The van der Waals surface area contributed by atoms with E-state index in [0.29, 0.717) is 23.9 Å². The highest BCUT2D eigenvalue weighted by Gasteiger charge is 2.35. The lowest BCUT2D eigenvalue weighted by Crippen LogP contribution is -2.50. The van der Waals surface area contributed by atoms with Crippen LogP contribution in [0.1, 0.15) is 59.5 Å². The van der Waals surface area contributed by atoms with Crippen molar-refractivity contribution in [2.45, 2.75) is 44.6 Å². The van der Waals surface area contributed by atoms with Gasteiger partial charge in [-0.25, -0.2) is 4.98 Å². The van der Waals surface area contributed by atoms with Gasteiger partial charge in [-0.05, 0) is 48.2 Å². The summed E-state index contributed by atoms with van der Waals surface area (Å²) in [5.41, 5.74) is 3.74. The molecule has 31 heavy (non-hydrogen) atoms. The zero-order valence-electron chi connectivity index (χ0n) is 17.7. The molecule has 1 saturated heterocycles. The number of likely N-dealkylation sites (tertiary alicyclic amines) is 1. The summed E-state index contributed by atoms with van der Waals surface area (Å²) in [5.74, 6) is 0.888. The maximum atomic E-state index is 12.6. The van der Waals surface area contributed by atoms with Crippen molar-refractivity contribution in [1.29, 1.82) is 0 Å². The molecule has 3 aromatic rings. The molecule has 6 heteroatoms. The molecular weight excluding hydrogens is 388 g/mol. The van der Waals surface area contributed by atoms with Gasteiger partial charge in [0.25, 0.3) is 5.91 Å². The summed E-state index contributed by atoms with van der Waals surface area (Å²) in [6.07, 6.45) is 11.4. The van der Waals surface area contributed by atoms with Crippen molar-refractivity contribution in [3.8, 4) is 0 Å². The van der Waals surface area contributed by atoms with Crippen LogP contribution in [0.4, 0.5) is 0 Å². The zero-order valence-corrected chi connectivity index (χ0v) is 17.7. The number of benzene rings is 1. The summed E-state index contributed by atoms with van der Waals surface area (Å²) >= 11 is 0. The Balaban J connectivity index is 1.13. The normalized spacial score (nSPS) is 17.5. The van der Waals surface area contributed by atoms with Crippen LogP contribution in [0.3, 0.4) is 0 Å². The van der Waals surface area contributed by atoms with Gasteiger partial charge in [0.2, 0.25) is 5.91 Å². The molecule has 0 unspecified atom stereocenters. The SMILES string of the molecule is O=C(NCc1ccn2ccnc2c1)c1ccc(C2CN(C(=O)C3CCCCC3)C2)cc1. The smallest absolute Gasteiger partial charge is 0.251 e. The van der Waals surface area contributed by atoms with Gasteiger partial charge in [-0.1, -0.05) is 31.4 Å². The van der Waals surface area contributed by atoms with Crippen LogP contribution in [0, 0.1) is 5.92 Å². The first-order chi connectivity index (χ1) is 15.2. The number of pyridine rings is 1. The van der Waals surface area contributed by atoms with E-state index in [1.54, 1.807) is 6.20 Å². The molecule has 1 saturated carbocycles. The minimum absolute atomic E-state index is 0.0857. The quantitative estimate of drug-likeness (QED) is 0.689. The molecule has 0 bridgehead atoms. The lowest BCUT2D eigenvalue weighted by atomic mass is 9.85. The Kier molecular flexibility index (Phi) is 5.45. The first kappa shape index (κ1) is 19.8. The van der Waals surface area contributed by atoms with E-state index in [-0.39, 0.29) is 11.8 Å². The van der Waals surface area contributed by atoms with Gasteiger partial charge in [0.05, 0.1) is 0 Å². The van der Waals surface area contributed by atoms with Crippen LogP contribution >= 0.6 is 0 Å². The predicted molar refractivity (Wildman–Crippen MR) is 119 cm³/mol. The molecule has 1 N–H and O–H groups in total. The van der Waals surface area contributed by atoms with Crippen LogP contribution in [-0.4, -0.2) is 39.2 Å². The van der Waals surface area contributed by atoms with Gasteiger partial charge in [-0.3, -0.25) is 9.59 Å². The van der Waals surface area contributed by atoms with E-state index >= 15 is 0 Å². The van der Waals surface area contributed by atoms with Crippen LogP contribution in [0.15, 0.2) is 55.0 Å². The van der Waals surface area contributed by atoms with E-state index in [1.807, 2.05) is 58.1 Å². The predicted octanol–water partition coefficient (Wildman–Crippen LogP) is 3.77. The molecule has 1 aromatic carbocycles. The number of carbonyl (C=O) groups is 2. The van der Waals surface area contributed by atoms with Crippen LogP contribution in [0.5, 0.6) is 0 Å².